The largest absolute Gasteiger partial charge is 0.362 e. The van der Waals surface area contributed by atoms with Crippen molar-refractivity contribution in [1.29, 1.82) is 0 Å². The standard InChI is InChI=1S/C17H18N2O2/c1-10-15(11(2)20)16(12-5-4-8-18-9-12)17-13(19-10)6-3-7-14(17)21/h4-5,8-9,16,19H,3,6-7H2,1-2H3. The van der Waals surface area contributed by atoms with E-state index >= 15 is 0 Å². The average Bonchev–Trinajstić information content (AvgIpc) is 2.46. The van der Waals surface area contributed by atoms with Crippen LogP contribution < -0.4 is 5.32 Å². The quantitative estimate of drug-likeness (QED) is 0.906. The van der Waals surface area contributed by atoms with Gasteiger partial charge in [0.25, 0.3) is 0 Å². The summed E-state index contributed by atoms with van der Waals surface area (Å²) in [6.45, 7) is 3.46. The maximum atomic E-state index is 12.4. The van der Waals surface area contributed by atoms with Crippen LogP contribution in [0.3, 0.4) is 0 Å². The van der Waals surface area contributed by atoms with Crippen LogP contribution in [0.2, 0.25) is 0 Å². The molecule has 0 aromatic carbocycles. The van der Waals surface area contributed by atoms with E-state index < -0.39 is 0 Å². The number of pyridine rings is 1. The van der Waals surface area contributed by atoms with Crippen LogP contribution in [0.1, 0.15) is 44.6 Å². The van der Waals surface area contributed by atoms with Crippen molar-refractivity contribution in [3.63, 3.8) is 0 Å². The topological polar surface area (TPSA) is 59.1 Å². The summed E-state index contributed by atoms with van der Waals surface area (Å²) in [5.41, 5.74) is 4.17. The number of carbonyl (C=O) groups is 2. The van der Waals surface area contributed by atoms with Crippen LogP contribution in [-0.2, 0) is 9.59 Å². The van der Waals surface area contributed by atoms with Crippen LogP contribution in [0.4, 0.5) is 0 Å². The molecular weight excluding hydrogens is 264 g/mol. The Bertz CT molecular complexity index is 671. The highest BCUT2D eigenvalue weighted by Crippen LogP contribution is 2.41. The normalized spacial score (nSPS) is 22.0. The molecule has 3 rings (SSSR count). The van der Waals surface area contributed by atoms with E-state index in [4.69, 9.17) is 0 Å². The second-order valence-electron chi connectivity index (χ2n) is 5.61. The van der Waals surface area contributed by atoms with Crippen molar-refractivity contribution in [2.45, 2.75) is 39.0 Å². The SMILES string of the molecule is CC(=O)C1=C(C)NC2=C(C(=O)CCC2)C1c1cccnc1. The fourth-order valence-corrected chi connectivity index (χ4v) is 3.33. The number of rotatable bonds is 2. The summed E-state index contributed by atoms with van der Waals surface area (Å²) in [6, 6.07) is 3.78. The molecule has 0 amide bonds. The van der Waals surface area contributed by atoms with E-state index in [0.717, 1.165) is 35.4 Å². The summed E-state index contributed by atoms with van der Waals surface area (Å²) in [4.78, 5) is 28.7. The van der Waals surface area contributed by atoms with Gasteiger partial charge < -0.3 is 5.32 Å². The molecule has 0 fully saturated rings. The van der Waals surface area contributed by atoms with E-state index in [1.165, 1.54) is 0 Å². The van der Waals surface area contributed by atoms with Gasteiger partial charge in [-0.1, -0.05) is 6.07 Å². The van der Waals surface area contributed by atoms with Crippen molar-refractivity contribution in [1.82, 2.24) is 10.3 Å². The summed E-state index contributed by atoms with van der Waals surface area (Å²) in [5, 5.41) is 3.28. The van der Waals surface area contributed by atoms with Gasteiger partial charge in [-0.15, -0.1) is 0 Å². The molecule has 0 bridgehead atoms. The Morgan fingerprint density at radius 3 is 2.86 bits per heavy atom. The number of ketones is 2. The highest BCUT2D eigenvalue weighted by Gasteiger charge is 2.37. The van der Waals surface area contributed by atoms with Gasteiger partial charge in [0.15, 0.2) is 11.6 Å². The Morgan fingerprint density at radius 2 is 2.19 bits per heavy atom. The Kier molecular flexibility index (Phi) is 3.45. The van der Waals surface area contributed by atoms with Crippen molar-refractivity contribution >= 4 is 11.6 Å². The van der Waals surface area contributed by atoms with Crippen LogP contribution in [0.25, 0.3) is 0 Å². The summed E-state index contributed by atoms with van der Waals surface area (Å²) in [6.07, 6.45) is 5.74. The van der Waals surface area contributed by atoms with Gasteiger partial charge in [0.05, 0.1) is 0 Å². The highest BCUT2D eigenvalue weighted by molar-refractivity contribution is 6.05. The van der Waals surface area contributed by atoms with Crippen LogP contribution in [0.15, 0.2) is 47.1 Å². The lowest BCUT2D eigenvalue weighted by Gasteiger charge is -2.34. The predicted octanol–water partition coefficient (Wildman–Crippen LogP) is 2.64. The third kappa shape index (κ3) is 2.31. The van der Waals surface area contributed by atoms with Gasteiger partial charge in [0.2, 0.25) is 0 Å². The lowest BCUT2D eigenvalue weighted by Crippen LogP contribution is -2.33. The zero-order valence-electron chi connectivity index (χ0n) is 12.3. The average molecular weight is 282 g/mol. The fourth-order valence-electron chi connectivity index (χ4n) is 3.33. The van der Waals surface area contributed by atoms with Crippen molar-refractivity contribution < 1.29 is 9.59 Å². The number of nitrogens with one attached hydrogen (secondary N) is 1. The number of hydrogen-bond acceptors (Lipinski definition) is 4. The first kappa shape index (κ1) is 13.7. The molecule has 1 unspecified atom stereocenters. The highest BCUT2D eigenvalue weighted by atomic mass is 16.1. The minimum Gasteiger partial charge on any atom is -0.362 e. The first-order chi connectivity index (χ1) is 10.1. The minimum atomic E-state index is -0.278. The number of allylic oxidation sites excluding steroid dienone is 4. The molecule has 1 aromatic rings. The smallest absolute Gasteiger partial charge is 0.161 e. The summed E-state index contributed by atoms with van der Waals surface area (Å²) < 4.78 is 0. The molecule has 0 saturated carbocycles. The van der Waals surface area contributed by atoms with Crippen LogP contribution in [0, 0.1) is 0 Å². The number of nitrogens with zero attached hydrogens (tertiary/aromatic N) is 1. The maximum absolute atomic E-state index is 12.4. The minimum absolute atomic E-state index is 0.00113. The predicted molar refractivity (Wildman–Crippen MR) is 79.4 cm³/mol. The zero-order chi connectivity index (χ0) is 15.0. The van der Waals surface area contributed by atoms with E-state index in [-0.39, 0.29) is 17.5 Å². The monoisotopic (exact) mass is 282 g/mol. The van der Waals surface area contributed by atoms with Crippen LogP contribution in [-0.4, -0.2) is 16.6 Å². The van der Waals surface area contributed by atoms with Gasteiger partial charge in [-0.3, -0.25) is 14.6 Å². The second-order valence-corrected chi connectivity index (χ2v) is 5.61. The van der Waals surface area contributed by atoms with Crippen molar-refractivity contribution in [2.24, 2.45) is 0 Å². The third-order valence-electron chi connectivity index (χ3n) is 4.17. The molecule has 0 spiro atoms. The maximum Gasteiger partial charge on any atom is 0.161 e. The molecule has 2 heterocycles. The fraction of sp³-hybridized carbons (Fsp3) is 0.353. The Labute approximate surface area is 124 Å². The van der Waals surface area contributed by atoms with E-state index in [9.17, 15) is 9.59 Å². The third-order valence-corrected chi connectivity index (χ3v) is 4.17. The number of hydrogen-bond donors (Lipinski definition) is 1. The van der Waals surface area contributed by atoms with E-state index in [1.807, 2.05) is 19.1 Å². The van der Waals surface area contributed by atoms with E-state index in [1.54, 1.807) is 19.3 Å². The molecule has 2 aliphatic rings. The molecule has 4 heteroatoms. The van der Waals surface area contributed by atoms with Gasteiger partial charge in [0.1, 0.15) is 0 Å². The van der Waals surface area contributed by atoms with Crippen molar-refractivity contribution in [3.8, 4) is 0 Å². The lowest BCUT2D eigenvalue weighted by atomic mass is 9.75. The number of aromatic nitrogens is 1. The lowest BCUT2D eigenvalue weighted by molar-refractivity contribution is -0.116. The first-order valence-corrected chi connectivity index (χ1v) is 7.24. The summed E-state index contributed by atoms with van der Waals surface area (Å²) >= 11 is 0. The number of dihydropyridines is 1. The molecule has 0 radical (unpaired) electrons. The van der Waals surface area contributed by atoms with E-state index in [2.05, 4.69) is 10.3 Å². The van der Waals surface area contributed by atoms with Gasteiger partial charge >= 0.3 is 0 Å². The van der Waals surface area contributed by atoms with Crippen LogP contribution >= 0.6 is 0 Å². The number of carbonyl (C=O) groups excluding carboxylic acids is 2. The second kappa shape index (κ2) is 5.28. The summed E-state index contributed by atoms with van der Waals surface area (Å²) in [7, 11) is 0. The number of Topliss-reactive ketones (excluding diaryl/α,β-unsaturated/α-hetero) is 2. The van der Waals surface area contributed by atoms with Gasteiger partial charge in [-0.25, -0.2) is 0 Å². The Hall–Kier alpha value is -2.23. The van der Waals surface area contributed by atoms with Gasteiger partial charge in [0, 0.05) is 47.3 Å². The Morgan fingerprint density at radius 1 is 1.38 bits per heavy atom. The van der Waals surface area contributed by atoms with Crippen molar-refractivity contribution in [2.75, 3.05) is 0 Å². The molecule has 0 saturated heterocycles. The molecule has 1 atom stereocenters. The first-order valence-electron chi connectivity index (χ1n) is 7.24. The Balaban J connectivity index is 2.20. The molecule has 1 aliphatic carbocycles. The van der Waals surface area contributed by atoms with Gasteiger partial charge in [-0.05, 0) is 38.3 Å². The molecule has 4 nitrogen and oxygen atoms in total. The molecule has 1 aliphatic heterocycles. The molecule has 21 heavy (non-hydrogen) atoms. The van der Waals surface area contributed by atoms with Gasteiger partial charge in [-0.2, -0.15) is 0 Å². The molecular formula is C17H18N2O2. The molecule has 1 N–H and O–H groups in total. The molecule has 108 valence electrons. The van der Waals surface area contributed by atoms with Crippen molar-refractivity contribution in [3.05, 3.63) is 52.6 Å². The van der Waals surface area contributed by atoms with Crippen LogP contribution in [0.5, 0.6) is 0 Å². The zero-order valence-corrected chi connectivity index (χ0v) is 12.3. The van der Waals surface area contributed by atoms with E-state index in [0.29, 0.717) is 12.0 Å². The molecule has 1 aromatic heterocycles. The summed E-state index contributed by atoms with van der Waals surface area (Å²) in [5.74, 6) is -0.136.